The van der Waals surface area contributed by atoms with Crippen LogP contribution in [0.3, 0.4) is 0 Å². The van der Waals surface area contributed by atoms with Crippen molar-refractivity contribution in [1.29, 1.82) is 0 Å². The molecule has 5 heteroatoms. The zero-order valence-electron chi connectivity index (χ0n) is 12.0. The standard InChI is InChI=1S/C15H22F3NO/c1-3-9-19-14(11-20-4-2)10-12-5-7-13(8-6-12)15(16,17)18/h5-8,14,19H,3-4,9-11H2,1-2H3. The normalized spacial score (nSPS) is 13.4. The Hall–Kier alpha value is -1.07. The van der Waals surface area contributed by atoms with Gasteiger partial charge in [0, 0.05) is 12.6 Å². The maximum atomic E-state index is 12.5. The largest absolute Gasteiger partial charge is 0.416 e. The molecule has 1 aromatic rings. The van der Waals surface area contributed by atoms with E-state index in [0.29, 0.717) is 19.6 Å². The van der Waals surface area contributed by atoms with Crippen molar-refractivity contribution >= 4 is 0 Å². The number of alkyl halides is 3. The third kappa shape index (κ3) is 5.92. The maximum absolute atomic E-state index is 12.5. The highest BCUT2D eigenvalue weighted by Crippen LogP contribution is 2.29. The molecule has 0 aliphatic carbocycles. The number of halogens is 3. The average Bonchev–Trinajstić information content (AvgIpc) is 2.41. The van der Waals surface area contributed by atoms with E-state index in [1.54, 1.807) is 0 Å². The van der Waals surface area contributed by atoms with Crippen molar-refractivity contribution in [2.24, 2.45) is 0 Å². The summed E-state index contributed by atoms with van der Waals surface area (Å²) in [4.78, 5) is 0. The highest BCUT2D eigenvalue weighted by molar-refractivity contribution is 5.25. The summed E-state index contributed by atoms with van der Waals surface area (Å²) in [5, 5.41) is 3.35. The van der Waals surface area contributed by atoms with Crippen molar-refractivity contribution in [2.45, 2.75) is 38.9 Å². The smallest absolute Gasteiger partial charge is 0.380 e. The van der Waals surface area contributed by atoms with E-state index in [1.165, 1.54) is 12.1 Å². The van der Waals surface area contributed by atoms with Gasteiger partial charge < -0.3 is 10.1 Å². The Morgan fingerprint density at radius 1 is 1.15 bits per heavy atom. The van der Waals surface area contributed by atoms with E-state index < -0.39 is 11.7 Å². The molecule has 114 valence electrons. The summed E-state index contributed by atoms with van der Waals surface area (Å²) in [6, 6.07) is 5.47. The van der Waals surface area contributed by atoms with Crippen molar-refractivity contribution in [3.05, 3.63) is 35.4 Å². The first-order valence-corrected chi connectivity index (χ1v) is 6.94. The van der Waals surface area contributed by atoms with E-state index in [0.717, 1.165) is 30.7 Å². The van der Waals surface area contributed by atoms with Crippen LogP contribution in [0.2, 0.25) is 0 Å². The molecule has 0 radical (unpaired) electrons. The number of nitrogens with one attached hydrogen (secondary N) is 1. The molecule has 20 heavy (non-hydrogen) atoms. The number of hydrogen-bond acceptors (Lipinski definition) is 2. The van der Waals surface area contributed by atoms with Crippen LogP contribution in [0.5, 0.6) is 0 Å². The average molecular weight is 289 g/mol. The topological polar surface area (TPSA) is 21.3 Å². The first kappa shape index (κ1) is 17.0. The van der Waals surface area contributed by atoms with Gasteiger partial charge in [0.05, 0.1) is 12.2 Å². The summed E-state index contributed by atoms with van der Waals surface area (Å²) in [5.41, 5.74) is 0.274. The summed E-state index contributed by atoms with van der Waals surface area (Å²) in [6.45, 7) is 6.07. The molecule has 0 saturated heterocycles. The molecule has 0 saturated carbocycles. The molecular weight excluding hydrogens is 267 g/mol. The molecule has 0 aromatic heterocycles. The summed E-state index contributed by atoms with van der Waals surface area (Å²) in [6.07, 6.45) is -2.60. The summed E-state index contributed by atoms with van der Waals surface area (Å²) in [5.74, 6) is 0. The molecule has 1 atom stereocenters. The lowest BCUT2D eigenvalue weighted by atomic mass is 10.0. The molecule has 1 unspecified atom stereocenters. The molecule has 1 rings (SSSR count). The van der Waals surface area contributed by atoms with Gasteiger partial charge in [-0.3, -0.25) is 0 Å². The van der Waals surface area contributed by atoms with Gasteiger partial charge in [-0.25, -0.2) is 0 Å². The van der Waals surface area contributed by atoms with Crippen LogP contribution in [0.15, 0.2) is 24.3 Å². The van der Waals surface area contributed by atoms with Gasteiger partial charge in [-0.05, 0) is 44.0 Å². The Kier molecular flexibility index (Phi) is 7.02. The van der Waals surface area contributed by atoms with E-state index in [1.807, 2.05) is 6.92 Å². The number of rotatable bonds is 8. The molecule has 0 bridgehead atoms. The molecule has 0 aliphatic heterocycles. The van der Waals surface area contributed by atoms with Gasteiger partial charge in [0.2, 0.25) is 0 Å². The van der Waals surface area contributed by atoms with Crippen molar-refractivity contribution in [1.82, 2.24) is 5.32 Å². The lowest BCUT2D eigenvalue weighted by Gasteiger charge is -2.18. The second kappa shape index (κ2) is 8.27. The van der Waals surface area contributed by atoms with Crippen molar-refractivity contribution in [2.75, 3.05) is 19.8 Å². The summed E-state index contributed by atoms with van der Waals surface area (Å²) in [7, 11) is 0. The van der Waals surface area contributed by atoms with Gasteiger partial charge in [-0.2, -0.15) is 13.2 Å². The van der Waals surface area contributed by atoms with Crippen LogP contribution in [0.1, 0.15) is 31.4 Å². The summed E-state index contributed by atoms with van der Waals surface area (Å²) < 4.78 is 42.8. The Labute approximate surface area is 118 Å². The SMILES string of the molecule is CCCNC(COCC)Cc1ccc(C(F)(F)F)cc1. The predicted octanol–water partition coefficient (Wildman–Crippen LogP) is 3.65. The molecule has 0 spiro atoms. The second-order valence-electron chi connectivity index (χ2n) is 4.71. The fourth-order valence-corrected chi connectivity index (χ4v) is 1.91. The van der Waals surface area contributed by atoms with E-state index in [-0.39, 0.29) is 6.04 Å². The number of benzene rings is 1. The molecule has 0 fully saturated rings. The van der Waals surface area contributed by atoms with Gasteiger partial charge in [-0.1, -0.05) is 19.1 Å². The minimum atomic E-state index is -4.27. The molecule has 0 heterocycles. The third-order valence-corrected chi connectivity index (χ3v) is 2.97. The molecule has 0 amide bonds. The molecule has 1 N–H and O–H groups in total. The van der Waals surface area contributed by atoms with E-state index in [4.69, 9.17) is 4.74 Å². The van der Waals surface area contributed by atoms with Crippen molar-refractivity contribution < 1.29 is 17.9 Å². The quantitative estimate of drug-likeness (QED) is 0.788. The fourth-order valence-electron chi connectivity index (χ4n) is 1.91. The number of hydrogen-bond donors (Lipinski definition) is 1. The van der Waals surface area contributed by atoms with Crippen LogP contribution < -0.4 is 5.32 Å². The van der Waals surface area contributed by atoms with E-state index in [9.17, 15) is 13.2 Å². The third-order valence-electron chi connectivity index (χ3n) is 2.97. The summed E-state index contributed by atoms with van der Waals surface area (Å²) >= 11 is 0. The van der Waals surface area contributed by atoms with Crippen LogP contribution in [-0.4, -0.2) is 25.8 Å². The van der Waals surface area contributed by atoms with Crippen LogP contribution in [0.4, 0.5) is 13.2 Å². The maximum Gasteiger partial charge on any atom is 0.416 e. The molecular formula is C15H22F3NO. The van der Waals surface area contributed by atoms with Crippen LogP contribution in [0, 0.1) is 0 Å². The monoisotopic (exact) mass is 289 g/mol. The van der Waals surface area contributed by atoms with Crippen LogP contribution in [0.25, 0.3) is 0 Å². The van der Waals surface area contributed by atoms with E-state index >= 15 is 0 Å². The molecule has 2 nitrogen and oxygen atoms in total. The lowest BCUT2D eigenvalue weighted by molar-refractivity contribution is -0.137. The van der Waals surface area contributed by atoms with Gasteiger partial charge >= 0.3 is 6.18 Å². The first-order chi connectivity index (χ1) is 9.47. The Balaban J connectivity index is 2.62. The van der Waals surface area contributed by atoms with E-state index in [2.05, 4.69) is 12.2 Å². The van der Waals surface area contributed by atoms with Crippen molar-refractivity contribution in [3.8, 4) is 0 Å². The fraction of sp³-hybridized carbons (Fsp3) is 0.600. The molecule has 1 aromatic carbocycles. The molecule has 0 aliphatic rings. The van der Waals surface area contributed by atoms with Crippen molar-refractivity contribution in [3.63, 3.8) is 0 Å². The Morgan fingerprint density at radius 3 is 2.30 bits per heavy atom. The number of ether oxygens (including phenoxy) is 1. The zero-order valence-corrected chi connectivity index (χ0v) is 12.0. The minimum absolute atomic E-state index is 0.131. The van der Waals surface area contributed by atoms with Gasteiger partial charge in [0.1, 0.15) is 0 Å². The highest BCUT2D eigenvalue weighted by Gasteiger charge is 2.29. The first-order valence-electron chi connectivity index (χ1n) is 6.94. The van der Waals surface area contributed by atoms with Crippen LogP contribution >= 0.6 is 0 Å². The Morgan fingerprint density at radius 2 is 1.80 bits per heavy atom. The lowest BCUT2D eigenvalue weighted by Crippen LogP contribution is -2.36. The van der Waals surface area contributed by atoms with Crippen LogP contribution in [-0.2, 0) is 17.3 Å². The van der Waals surface area contributed by atoms with Gasteiger partial charge in [0.25, 0.3) is 0 Å². The predicted molar refractivity (Wildman–Crippen MR) is 73.7 cm³/mol. The van der Waals surface area contributed by atoms with Gasteiger partial charge in [0.15, 0.2) is 0 Å². The minimum Gasteiger partial charge on any atom is -0.380 e. The zero-order chi connectivity index (χ0) is 15.0. The van der Waals surface area contributed by atoms with Gasteiger partial charge in [-0.15, -0.1) is 0 Å². The highest BCUT2D eigenvalue weighted by atomic mass is 19.4. The second-order valence-corrected chi connectivity index (χ2v) is 4.71. The Bertz CT molecular complexity index is 368.